The highest BCUT2D eigenvalue weighted by Crippen LogP contribution is 2.29. The van der Waals surface area contributed by atoms with Gasteiger partial charge in [0.2, 0.25) is 5.91 Å². The van der Waals surface area contributed by atoms with Crippen molar-refractivity contribution in [3.8, 4) is 5.75 Å². The minimum atomic E-state index is -3.81. The first-order valence-electron chi connectivity index (χ1n) is 6.40. The molecule has 0 spiro atoms. The van der Waals surface area contributed by atoms with Gasteiger partial charge < -0.3 is 14.5 Å². The van der Waals surface area contributed by atoms with Gasteiger partial charge in [0, 0.05) is 23.4 Å². The van der Waals surface area contributed by atoms with E-state index < -0.39 is 11.0 Å². The van der Waals surface area contributed by atoms with Crippen LogP contribution in [0.4, 0.5) is 14.5 Å². The van der Waals surface area contributed by atoms with Gasteiger partial charge in [-0.3, -0.25) is 4.79 Å². The van der Waals surface area contributed by atoms with E-state index in [-0.39, 0.29) is 11.7 Å². The van der Waals surface area contributed by atoms with Gasteiger partial charge in [0.15, 0.2) is 0 Å². The Kier molecular flexibility index (Phi) is 4.42. The predicted molar refractivity (Wildman–Crippen MR) is 78.2 cm³/mol. The quantitative estimate of drug-likeness (QED) is 0.829. The lowest BCUT2D eigenvalue weighted by Crippen LogP contribution is -2.34. The number of furan rings is 1. The van der Waals surface area contributed by atoms with Crippen LogP contribution in [0.15, 0.2) is 47.1 Å². The molecule has 2 aromatic rings. The van der Waals surface area contributed by atoms with Gasteiger partial charge in [0.1, 0.15) is 16.9 Å². The summed E-state index contributed by atoms with van der Waals surface area (Å²) in [6.07, 6.45) is 1.47. The summed E-state index contributed by atoms with van der Waals surface area (Å²) < 4.78 is 34.7. The van der Waals surface area contributed by atoms with Crippen LogP contribution < -0.4 is 10.1 Å². The Morgan fingerprint density at radius 1 is 1.27 bits per heavy atom. The largest absolute Gasteiger partial charge is 0.487 e. The molecular formula is C15H14ClF2NO3. The summed E-state index contributed by atoms with van der Waals surface area (Å²) in [6, 6.07) is 8.95. The second kappa shape index (κ2) is 5.96. The van der Waals surface area contributed by atoms with Gasteiger partial charge in [0.05, 0.1) is 6.26 Å². The lowest BCUT2D eigenvalue weighted by molar-refractivity contribution is -0.121. The number of benzene rings is 1. The predicted octanol–water partition coefficient (Wildman–Crippen LogP) is 4.36. The van der Waals surface area contributed by atoms with Crippen LogP contribution in [-0.4, -0.2) is 11.5 Å². The SMILES string of the molecule is CC(C)(C(=O)Nc1cccc(OC(F)(F)Cl)c1)c1ccco1. The summed E-state index contributed by atoms with van der Waals surface area (Å²) in [5, 5.41) is 2.63. The fraction of sp³-hybridized carbons (Fsp3) is 0.267. The van der Waals surface area contributed by atoms with E-state index in [0.29, 0.717) is 11.4 Å². The number of nitrogens with one attached hydrogen (secondary N) is 1. The normalized spacial score (nSPS) is 12.0. The third-order valence-electron chi connectivity index (χ3n) is 3.03. The number of hydrogen-bond donors (Lipinski definition) is 1. The average Bonchev–Trinajstić information content (AvgIpc) is 2.91. The molecule has 1 heterocycles. The summed E-state index contributed by atoms with van der Waals surface area (Å²) in [7, 11) is 0. The standard InChI is InChI=1S/C15H14ClF2NO3/c1-14(2,12-7-4-8-21-12)13(20)19-10-5-3-6-11(9-10)22-15(16,17)18/h3-9H,1-2H3,(H,19,20). The van der Waals surface area contributed by atoms with E-state index in [0.717, 1.165) is 0 Å². The highest BCUT2D eigenvalue weighted by molar-refractivity contribution is 6.20. The van der Waals surface area contributed by atoms with Crippen LogP contribution in [0.3, 0.4) is 0 Å². The fourth-order valence-electron chi connectivity index (χ4n) is 1.80. The average molecular weight is 330 g/mol. The van der Waals surface area contributed by atoms with Gasteiger partial charge in [-0.2, -0.15) is 0 Å². The molecule has 0 bridgehead atoms. The van der Waals surface area contributed by atoms with Crippen molar-refractivity contribution >= 4 is 23.2 Å². The molecule has 1 N–H and O–H groups in total. The van der Waals surface area contributed by atoms with E-state index in [4.69, 9.17) is 16.0 Å². The number of anilines is 1. The van der Waals surface area contributed by atoms with Crippen molar-refractivity contribution in [2.75, 3.05) is 5.32 Å². The molecule has 0 aliphatic carbocycles. The van der Waals surface area contributed by atoms with Crippen LogP contribution in [-0.2, 0) is 10.2 Å². The third kappa shape index (κ3) is 3.98. The van der Waals surface area contributed by atoms with Crippen LogP contribution >= 0.6 is 11.6 Å². The fourth-order valence-corrected chi connectivity index (χ4v) is 1.89. The van der Waals surface area contributed by atoms with Gasteiger partial charge in [0.25, 0.3) is 0 Å². The summed E-state index contributed by atoms with van der Waals surface area (Å²) in [5.41, 5.74) is -4.42. The highest BCUT2D eigenvalue weighted by Gasteiger charge is 2.33. The van der Waals surface area contributed by atoms with Crippen molar-refractivity contribution in [1.82, 2.24) is 0 Å². The lowest BCUT2D eigenvalue weighted by Gasteiger charge is -2.21. The number of carbonyl (C=O) groups excluding carboxylic acids is 1. The molecule has 0 aliphatic rings. The van der Waals surface area contributed by atoms with Crippen LogP contribution in [0.2, 0.25) is 0 Å². The summed E-state index contributed by atoms with van der Waals surface area (Å²) in [6.45, 7) is 3.38. The Morgan fingerprint density at radius 2 is 2.00 bits per heavy atom. The first kappa shape index (κ1) is 16.3. The summed E-state index contributed by atoms with van der Waals surface area (Å²) in [4.78, 5) is 12.3. The Morgan fingerprint density at radius 3 is 2.59 bits per heavy atom. The number of alkyl halides is 3. The maximum Gasteiger partial charge on any atom is 0.487 e. The Labute approximate surface area is 131 Å². The first-order chi connectivity index (χ1) is 10.2. The molecule has 1 amide bonds. The second-order valence-corrected chi connectivity index (χ2v) is 5.57. The molecule has 118 valence electrons. The minimum absolute atomic E-state index is 0.159. The molecule has 0 aliphatic heterocycles. The number of carbonyl (C=O) groups is 1. The third-order valence-corrected chi connectivity index (χ3v) is 3.11. The van der Waals surface area contributed by atoms with Gasteiger partial charge in [-0.25, -0.2) is 0 Å². The van der Waals surface area contributed by atoms with Crippen molar-refractivity contribution in [3.05, 3.63) is 48.4 Å². The number of amides is 1. The molecule has 0 atom stereocenters. The van der Waals surface area contributed by atoms with E-state index in [2.05, 4.69) is 10.1 Å². The monoisotopic (exact) mass is 329 g/mol. The Balaban J connectivity index is 2.14. The second-order valence-electron chi connectivity index (χ2n) is 5.13. The maximum absolute atomic E-state index is 12.6. The molecule has 0 unspecified atom stereocenters. The summed E-state index contributed by atoms with van der Waals surface area (Å²) in [5.74, 6) is -0.0180. The zero-order valence-corrected chi connectivity index (χ0v) is 12.7. The Hall–Kier alpha value is -2.08. The number of ether oxygens (including phenoxy) is 1. The molecule has 4 nitrogen and oxygen atoms in total. The van der Waals surface area contributed by atoms with Gasteiger partial charge >= 0.3 is 5.57 Å². The molecule has 2 rings (SSSR count). The molecule has 0 saturated heterocycles. The molecular weight excluding hydrogens is 316 g/mol. The van der Waals surface area contributed by atoms with E-state index in [1.165, 1.54) is 24.5 Å². The topological polar surface area (TPSA) is 51.5 Å². The molecule has 1 aromatic carbocycles. The van der Waals surface area contributed by atoms with Crippen LogP contribution in [0.5, 0.6) is 5.75 Å². The smallest absolute Gasteiger partial charge is 0.468 e. The summed E-state index contributed by atoms with van der Waals surface area (Å²) >= 11 is 4.71. The molecule has 0 saturated carbocycles. The zero-order chi connectivity index (χ0) is 16.4. The minimum Gasteiger partial charge on any atom is -0.468 e. The van der Waals surface area contributed by atoms with Gasteiger partial charge in [-0.05, 0) is 38.1 Å². The number of rotatable bonds is 5. The van der Waals surface area contributed by atoms with E-state index in [1.54, 1.807) is 32.0 Å². The number of halogens is 3. The Bertz CT molecular complexity index is 651. The molecule has 7 heteroatoms. The van der Waals surface area contributed by atoms with Gasteiger partial charge in [-0.1, -0.05) is 6.07 Å². The molecule has 1 aromatic heterocycles. The van der Waals surface area contributed by atoms with Crippen molar-refractivity contribution in [1.29, 1.82) is 0 Å². The van der Waals surface area contributed by atoms with Crippen molar-refractivity contribution < 1.29 is 22.7 Å². The lowest BCUT2D eigenvalue weighted by atomic mass is 9.89. The van der Waals surface area contributed by atoms with Crippen LogP contribution in [0.1, 0.15) is 19.6 Å². The van der Waals surface area contributed by atoms with E-state index in [9.17, 15) is 13.6 Å². The van der Waals surface area contributed by atoms with Crippen LogP contribution in [0.25, 0.3) is 0 Å². The number of hydrogen-bond acceptors (Lipinski definition) is 3. The van der Waals surface area contributed by atoms with Crippen molar-refractivity contribution in [3.63, 3.8) is 0 Å². The van der Waals surface area contributed by atoms with Crippen LogP contribution in [0, 0.1) is 0 Å². The van der Waals surface area contributed by atoms with Crippen molar-refractivity contribution in [2.45, 2.75) is 24.8 Å². The highest BCUT2D eigenvalue weighted by atomic mass is 35.5. The van der Waals surface area contributed by atoms with E-state index >= 15 is 0 Å². The zero-order valence-electron chi connectivity index (χ0n) is 11.9. The van der Waals surface area contributed by atoms with E-state index in [1.807, 2.05) is 0 Å². The first-order valence-corrected chi connectivity index (χ1v) is 6.77. The molecule has 0 radical (unpaired) electrons. The molecule has 0 fully saturated rings. The maximum atomic E-state index is 12.6. The molecule has 22 heavy (non-hydrogen) atoms. The van der Waals surface area contributed by atoms with Gasteiger partial charge in [-0.15, -0.1) is 8.78 Å². The van der Waals surface area contributed by atoms with Crippen molar-refractivity contribution in [2.24, 2.45) is 0 Å².